The lowest BCUT2D eigenvalue weighted by atomic mass is 10.1. The van der Waals surface area contributed by atoms with Gasteiger partial charge in [0.25, 0.3) is 0 Å². The van der Waals surface area contributed by atoms with Crippen LogP contribution in [0.2, 0.25) is 0 Å². The highest BCUT2D eigenvalue weighted by Crippen LogP contribution is 2.21. The maximum absolute atomic E-state index is 13.3. The molecule has 0 aliphatic carbocycles. The van der Waals surface area contributed by atoms with Gasteiger partial charge in [0.05, 0.1) is 12.7 Å². The van der Waals surface area contributed by atoms with Gasteiger partial charge in [-0.3, -0.25) is 0 Å². The second kappa shape index (κ2) is 6.72. The smallest absolute Gasteiger partial charge is 0.337 e. The van der Waals surface area contributed by atoms with E-state index < -0.39 is 0 Å². The minimum Gasteiger partial charge on any atom is -0.465 e. The molecule has 2 aromatic rings. The second-order valence-corrected chi connectivity index (χ2v) is 5.52. The molecule has 110 valence electrons. The minimum absolute atomic E-state index is 0.266. The largest absolute Gasteiger partial charge is 0.465 e. The van der Waals surface area contributed by atoms with E-state index in [1.54, 1.807) is 12.1 Å². The van der Waals surface area contributed by atoms with E-state index in [1.165, 1.54) is 19.2 Å². The number of hydrogen-bond acceptors (Lipinski definition) is 3. The third-order valence-electron chi connectivity index (χ3n) is 3.00. The van der Waals surface area contributed by atoms with Gasteiger partial charge in [0.15, 0.2) is 0 Å². The van der Waals surface area contributed by atoms with Crippen LogP contribution in [0, 0.1) is 12.7 Å². The first-order chi connectivity index (χ1) is 9.99. The molecule has 3 nitrogen and oxygen atoms in total. The van der Waals surface area contributed by atoms with Crippen LogP contribution in [0.4, 0.5) is 10.1 Å². The maximum Gasteiger partial charge on any atom is 0.337 e. The number of aryl methyl sites for hydroxylation is 1. The molecule has 0 aliphatic heterocycles. The predicted octanol–water partition coefficient (Wildman–Crippen LogP) is 4.30. The van der Waals surface area contributed by atoms with Gasteiger partial charge >= 0.3 is 5.97 Å². The number of benzene rings is 2. The Labute approximate surface area is 131 Å². The van der Waals surface area contributed by atoms with E-state index in [2.05, 4.69) is 26.0 Å². The van der Waals surface area contributed by atoms with Crippen molar-refractivity contribution in [1.82, 2.24) is 0 Å². The van der Waals surface area contributed by atoms with Crippen molar-refractivity contribution in [3.8, 4) is 0 Å². The molecule has 0 bridgehead atoms. The van der Waals surface area contributed by atoms with Crippen LogP contribution in [-0.2, 0) is 11.3 Å². The van der Waals surface area contributed by atoms with Gasteiger partial charge in [0.2, 0.25) is 0 Å². The lowest BCUT2D eigenvalue weighted by Gasteiger charge is -2.10. The Kier molecular flexibility index (Phi) is 4.96. The number of esters is 1. The third kappa shape index (κ3) is 4.04. The number of methoxy groups -OCH3 is 1. The topological polar surface area (TPSA) is 38.3 Å². The van der Waals surface area contributed by atoms with E-state index >= 15 is 0 Å². The summed E-state index contributed by atoms with van der Waals surface area (Å²) in [5.74, 6) is -0.645. The maximum atomic E-state index is 13.3. The van der Waals surface area contributed by atoms with Crippen LogP contribution >= 0.6 is 15.9 Å². The van der Waals surface area contributed by atoms with Gasteiger partial charge in [0, 0.05) is 16.7 Å². The van der Waals surface area contributed by atoms with E-state index in [-0.39, 0.29) is 11.8 Å². The summed E-state index contributed by atoms with van der Waals surface area (Å²) in [4.78, 5) is 11.4. The molecule has 2 aromatic carbocycles. The first-order valence-corrected chi connectivity index (χ1v) is 7.16. The molecule has 0 radical (unpaired) electrons. The highest BCUT2D eigenvalue weighted by Gasteiger charge is 2.08. The number of rotatable bonds is 4. The molecule has 0 unspecified atom stereocenters. The Bertz CT molecular complexity index is 653. The average molecular weight is 352 g/mol. The molecule has 21 heavy (non-hydrogen) atoms. The van der Waals surface area contributed by atoms with Crippen molar-refractivity contribution in [2.45, 2.75) is 13.5 Å². The number of hydrogen-bond donors (Lipinski definition) is 1. The molecule has 0 saturated carbocycles. The van der Waals surface area contributed by atoms with Crippen molar-refractivity contribution in [2.75, 3.05) is 12.4 Å². The summed E-state index contributed by atoms with van der Waals surface area (Å²) in [5.41, 5.74) is 3.02. The van der Waals surface area contributed by atoms with Crippen LogP contribution in [0.15, 0.2) is 40.9 Å². The van der Waals surface area contributed by atoms with Crippen LogP contribution in [-0.4, -0.2) is 13.1 Å². The normalized spacial score (nSPS) is 10.3. The van der Waals surface area contributed by atoms with Crippen molar-refractivity contribution < 1.29 is 13.9 Å². The zero-order chi connectivity index (χ0) is 15.4. The predicted molar refractivity (Wildman–Crippen MR) is 83.9 cm³/mol. The average Bonchev–Trinajstić information content (AvgIpc) is 2.44. The van der Waals surface area contributed by atoms with E-state index in [1.807, 2.05) is 19.1 Å². The van der Waals surface area contributed by atoms with Crippen molar-refractivity contribution in [1.29, 1.82) is 0 Å². The SMILES string of the molecule is COC(=O)c1ccc(CNc2cc(C)cc(F)c2)c(Br)c1. The monoisotopic (exact) mass is 351 g/mol. The fourth-order valence-corrected chi connectivity index (χ4v) is 2.49. The molecule has 1 N–H and O–H groups in total. The first-order valence-electron chi connectivity index (χ1n) is 6.37. The Morgan fingerprint density at radius 1 is 1.29 bits per heavy atom. The summed E-state index contributed by atoms with van der Waals surface area (Å²) in [5, 5.41) is 3.16. The molecule has 0 aromatic heterocycles. The molecule has 5 heteroatoms. The highest BCUT2D eigenvalue weighted by molar-refractivity contribution is 9.10. The van der Waals surface area contributed by atoms with Gasteiger partial charge in [-0.2, -0.15) is 0 Å². The minimum atomic E-state index is -0.379. The van der Waals surface area contributed by atoms with Gasteiger partial charge in [-0.25, -0.2) is 9.18 Å². The van der Waals surface area contributed by atoms with Gasteiger partial charge in [0.1, 0.15) is 5.82 Å². The molecule has 0 spiro atoms. The van der Waals surface area contributed by atoms with Crippen LogP contribution in [0.5, 0.6) is 0 Å². The molecule has 2 rings (SSSR count). The summed E-state index contributed by atoms with van der Waals surface area (Å²) in [6.07, 6.45) is 0. The number of carbonyl (C=O) groups is 1. The highest BCUT2D eigenvalue weighted by atomic mass is 79.9. The van der Waals surface area contributed by atoms with Gasteiger partial charge in [-0.15, -0.1) is 0 Å². The summed E-state index contributed by atoms with van der Waals surface area (Å²) in [6, 6.07) is 10.0. The Hall–Kier alpha value is -1.88. The van der Waals surface area contributed by atoms with E-state index in [4.69, 9.17) is 0 Å². The third-order valence-corrected chi connectivity index (χ3v) is 3.74. The fraction of sp³-hybridized carbons (Fsp3) is 0.188. The van der Waals surface area contributed by atoms with Crippen LogP contribution in [0.3, 0.4) is 0 Å². The lowest BCUT2D eigenvalue weighted by molar-refractivity contribution is 0.0600. The number of anilines is 1. The molecule has 0 aliphatic rings. The van der Waals surface area contributed by atoms with Crippen molar-refractivity contribution in [2.24, 2.45) is 0 Å². The second-order valence-electron chi connectivity index (χ2n) is 4.67. The summed E-state index contributed by atoms with van der Waals surface area (Å²) >= 11 is 3.43. The lowest BCUT2D eigenvalue weighted by Crippen LogP contribution is -2.04. The molecule has 0 fully saturated rings. The summed E-state index contributed by atoms with van der Waals surface area (Å²) < 4.78 is 18.8. The standard InChI is InChI=1S/C16H15BrFNO2/c1-10-5-13(18)8-14(6-10)19-9-12-4-3-11(7-15(12)17)16(20)21-2/h3-8,19H,9H2,1-2H3. The zero-order valence-corrected chi connectivity index (χ0v) is 13.3. The van der Waals surface area contributed by atoms with Gasteiger partial charge in [-0.05, 0) is 48.4 Å². The zero-order valence-electron chi connectivity index (χ0n) is 11.7. The molecular formula is C16H15BrFNO2. The van der Waals surface area contributed by atoms with Crippen molar-refractivity contribution >= 4 is 27.6 Å². The molecular weight excluding hydrogens is 337 g/mol. The van der Waals surface area contributed by atoms with Crippen LogP contribution in [0.25, 0.3) is 0 Å². The van der Waals surface area contributed by atoms with Crippen molar-refractivity contribution in [3.05, 3.63) is 63.4 Å². The van der Waals surface area contributed by atoms with Gasteiger partial charge < -0.3 is 10.1 Å². The quantitative estimate of drug-likeness (QED) is 0.834. The summed E-state index contributed by atoms with van der Waals surface area (Å²) in [6.45, 7) is 2.36. The summed E-state index contributed by atoms with van der Waals surface area (Å²) in [7, 11) is 1.35. The van der Waals surface area contributed by atoms with E-state index in [0.29, 0.717) is 12.1 Å². The molecule has 0 atom stereocenters. The van der Waals surface area contributed by atoms with Gasteiger partial charge in [-0.1, -0.05) is 22.0 Å². The van der Waals surface area contributed by atoms with E-state index in [9.17, 15) is 9.18 Å². The Morgan fingerprint density at radius 2 is 2.05 bits per heavy atom. The number of carbonyl (C=O) groups excluding carboxylic acids is 1. The number of halogens is 2. The Balaban J connectivity index is 2.11. The molecule has 0 heterocycles. The number of ether oxygens (including phenoxy) is 1. The number of nitrogens with one attached hydrogen (secondary N) is 1. The molecule has 0 saturated heterocycles. The Morgan fingerprint density at radius 3 is 2.67 bits per heavy atom. The van der Waals surface area contributed by atoms with Crippen molar-refractivity contribution in [3.63, 3.8) is 0 Å². The first kappa shape index (κ1) is 15.5. The van der Waals surface area contributed by atoms with Crippen LogP contribution in [0.1, 0.15) is 21.5 Å². The van der Waals surface area contributed by atoms with E-state index in [0.717, 1.165) is 21.3 Å². The van der Waals surface area contributed by atoms with Crippen LogP contribution < -0.4 is 5.32 Å². The fourth-order valence-electron chi connectivity index (χ4n) is 1.97. The molecule has 0 amide bonds.